The molecule has 1 aromatic carbocycles. The zero-order valence-electron chi connectivity index (χ0n) is 10.8. The number of pyridine rings is 1. The summed E-state index contributed by atoms with van der Waals surface area (Å²) in [5.41, 5.74) is 3.70. The van der Waals surface area contributed by atoms with Crippen LogP contribution in [0.2, 0.25) is 0 Å². The molecule has 0 amide bonds. The monoisotopic (exact) mass is 263 g/mol. The van der Waals surface area contributed by atoms with Crippen molar-refractivity contribution in [2.75, 3.05) is 0 Å². The van der Waals surface area contributed by atoms with Gasteiger partial charge in [-0.05, 0) is 12.1 Å². The predicted octanol–water partition coefficient (Wildman–Crippen LogP) is 2.88. The number of nitrogens with zero attached hydrogens (tertiary/aromatic N) is 2. The maximum Gasteiger partial charge on any atom is 0.127 e. The molecule has 0 unspecified atom stereocenters. The molecule has 4 heteroatoms. The van der Waals surface area contributed by atoms with Gasteiger partial charge >= 0.3 is 0 Å². The van der Waals surface area contributed by atoms with E-state index in [-0.39, 0.29) is 6.42 Å². The summed E-state index contributed by atoms with van der Waals surface area (Å²) in [6.07, 6.45) is 4.62. The van der Waals surface area contributed by atoms with Crippen LogP contribution in [-0.2, 0) is 11.2 Å². The molecule has 0 spiro atoms. The van der Waals surface area contributed by atoms with E-state index >= 15 is 0 Å². The van der Waals surface area contributed by atoms with Gasteiger partial charge in [-0.25, -0.2) is 4.98 Å². The van der Waals surface area contributed by atoms with E-state index in [0.717, 1.165) is 28.8 Å². The number of carbonyl (C=O) groups excluding carboxylic acids is 1. The fourth-order valence-electron chi connectivity index (χ4n) is 2.12. The molecule has 0 radical (unpaired) electrons. The van der Waals surface area contributed by atoms with Gasteiger partial charge < -0.3 is 9.78 Å². The molecule has 0 atom stereocenters. The maximum absolute atomic E-state index is 10.7. The summed E-state index contributed by atoms with van der Waals surface area (Å²) in [6.45, 7) is 0. The highest BCUT2D eigenvalue weighted by Gasteiger charge is 2.13. The van der Waals surface area contributed by atoms with E-state index in [1.807, 2.05) is 42.5 Å². The van der Waals surface area contributed by atoms with E-state index in [2.05, 4.69) is 15.0 Å². The summed E-state index contributed by atoms with van der Waals surface area (Å²) in [7, 11) is 0. The zero-order valence-corrected chi connectivity index (χ0v) is 10.8. The van der Waals surface area contributed by atoms with Crippen molar-refractivity contribution in [1.82, 2.24) is 15.0 Å². The molecule has 0 bridgehead atoms. The van der Waals surface area contributed by atoms with Crippen LogP contribution >= 0.6 is 0 Å². The van der Waals surface area contributed by atoms with Gasteiger partial charge in [0.25, 0.3) is 0 Å². The average molecular weight is 263 g/mol. The number of nitrogens with one attached hydrogen (secondary N) is 1. The maximum atomic E-state index is 10.7. The largest absolute Gasteiger partial charge is 0.341 e. The van der Waals surface area contributed by atoms with E-state index in [0.29, 0.717) is 5.82 Å². The molecular formula is C16H13N3O. The predicted molar refractivity (Wildman–Crippen MR) is 77.0 cm³/mol. The van der Waals surface area contributed by atoms with Crippen molar-refractivity contribution in [3.05, 3.63) is 60.7 Å². The molecule has 2 aromatic heterocycles. The van der Waals surface area contributed by atoms with Crippen molar-refractivity contribution in [3.63, 3.8) is 0 Å². The number of aldehydes is 1. The summed E-state index contributed by atoms with van der Waals surface area (Å²) in [4.78, 5) is 22.6. The number of rotatable bonds is 4. The number of benzene rings is 1. The third kappa shape index (κ3) is 2.36. The molecular weight excluding hydrogens is 250 g/mol. The van der Waals surface area contributed by atoms with Crippen LogP contribution in [0.25, 0.3) is 22.5 Å². The van der Waals surface area contributed by atoms with Crippen molar-refractivity contribution in [1.29, 1.82) is 0 Å². The van der Waals surface area contributed by atoms with Gasteiger partial charge in [-0.2, -0.15) is 0 Å². The fraction of sp³-hybridized carbons (Fsp3) is 0.0625. The molecule has 20 heavy (non-hydrogen) atoms. The number of imidazole rings is 1. The van der Waals surface area contributed by atoms with Gasteiger partial charge in [0.2, 0.25) is 0 Å². The Bertz CT molecular complexity index is 648. The number of aromatic amines is 1. The van der Waals surface area contributed by atoms with E-state index in [4.69, 9.17) is 0 Å². The molecule has 0 aliphatic carbocycles. The second kappa shape index (κ2) is 5.48. The number of hydrogen-bond donors (Lipinski definition) is 1. The molecule has 0 saturated heterocycles. The Morgan fingerprint density at radius 3 is 2.55 bits per heavy atom. The van der Waals surface area contributed by atoms with E-state index in [1.54, 1.807) is 12.4 Å². The molecule has 3 aromatic rings. The molecule has 3 rings (SSSR count). The molecule has 0 aliphatic heterocycles. The Balaban J connectivity index is 2.15. The van der Waals surface area contributed by atoms with E-state index in [1.165, 1.54) is 0 Å². The van der Waals surface area contributed by atoms with Gasteiger partial charge in [0.15, 0.2) is 0 Å². The lowest BCUT2D eigenvalue weighted by Crippen LogP contribution is -1.88. The molecule has 0 aliphatic rings. The minimum atomic E-state index is 0.278. The number of H-pyrrole nitrogens is 1. The van der Waals surface area contributed by atoms with Crippen molar-refractivity contribution >= 4 is 6.29 Å². The minimum Gasteiger partial charge on any atom is -0.341 e. The smallest absolute Gasteiger partial charge is 0.127 e. The third-order valence-corrected chi connectivity index (χ3v) is 3.03. The number of aromatic nitrogens is 3. The quantitative estimate of drug-likeness (QED) is 0.736. The van der Waals surface area contributed by atoms with Gasteiger partial charge in [-0.3, -0.25) is 4.98 Å². The topological polar surface area (TPSA) is 58.6 Å². The minimum absolute atomic E-state index is 0.278. The second-order valence-electron chi connectivity index (χ2n) is 4.39. The summed E-state index contributed by atoms with van der Waals surface area (Å²) in [5, 5.41) is 0. The lowest BCUT2D eigenvalue weighted by atomic mass is 10.1. The van der Waals surface area contributed by atoms with Crippen LogP contribution < -0.4 is 0 Å². The average Bonchev–Trinajstić information content (AvgIpc) is 2.93. The van der Waals surface area contributed by atoms with Crippen LogP contribution in [0, 0.1) is 0 Å². The number of hydrogen-bond acceptors (Lipinski definition) is 3. The number of carbonyl (C=O) groups is 1. The Morgan fingerprint density at radius 1 is 1.05 bits per heavy atom. The Kier molecular flexibility index (Phi) is 3.37. The first-order valence-electron chi connectivity index (χ1n) is 6.37. The van der Waals surface area contributed by atoms with E-state index in [9.17, 15) is 4.79 Å². The van der Waals surface area contributed by atoms with Crippen molar-refractivity contribution in [2.45, 2.75) is 6.42 Å². The first kappa shape index (κ1) is 12.3. The molecule has 2 heterocycles. The standard InChI is InChI=1S/C16H13N3O/c20-10-8-14-18-15(12-5-2-1-3-6-12)16(19-14)13-7-4-9-17-11-13/h1-7,9-11H,8H2,(H,18,19). The molecule has 98 valence electrons. The molecule has 4 nitrogen and oxygen atoms in total. The first-order chi connectivity index (χ1) is 9.88. The van der Waals surface area contributed by atoms with Crippen LogP contribution in [-0.4, -0.2) is 21.2 Å². The Labute approximate surface area is 116 Å². The lowest BCUT2D eigenvalue weighted by molar-refractivity contribution is -0.107. The third-order valence-electron chi connectivity index (χ3n) is 3.03. The summed E-state index contributed by atoms with van der Waals surface area (Å²) in [5.74, 6) is 0.665. The van der Waals surface area contributed by atoms with Crippen molar-refractivity contribution < 1.29 is 4.79 Å². The summed E-state index contributed by atoms with van der Waals surface area (Å²) >= 11 is 0. The normalized spacial score (nSPS) is 10.4. The van der Waals surface area contributed by atoms with Crippen LogP contribution in [0.15, 0.2) is 54.9 Å². The molecule has 0 saturated carbocycles. The Hall–Kier alpha value is -2.75. The molecule has 1 N–H and O–H groups in total. The van der Waals surface area contributed by atoms with Crippen LogP contribution in [0.5, 0.6) is 0 Å². The van der Waals surface area contributed by atoms with Crippen LogP contribution in [0.3, 0.4) is 0 Å². The Morgan fingerprint density at radius 2 is 1.85 bits per heavy atom. The lowest BCUT2D eigenvalue weighted by Gasteiger charge is -2.02. The van der Waals surface area contributed by atoms with E-state index < -0.39 is 0 Å². The molecule has 0 fully saturated rings. The van der Waals surface area contributed by atoms with Gasteiger partial charge in [0.1, 0.15) is 12.1 Å². The van der Waals surface area contributed by atoms with Gasteiger partial charge in [0, 0.05) is 23.5 Å². The fourth-order valence-corrected chi connectivity index (χ4v) is 2.12. The highest BCUT2D eigenvalue weighted by Crippen LogP contribution is 2.29. The van der Waals surface area contributed by atoms with Crippen molar-refractivity contribution in [3.8, 4) is 22.5 Å². The zero-order chi connectivity index (χ0) is 13.8. The second-order valence-corrected chi connectivity index (χ2v) is 4.39. The summed E-state index contributed by atoms with van der Waals surface area (Å²) in [6, 6.07) is 13.8. The van der Waals surface area contributed by atoms with Crippen LogP contribution in [0.1, 0.15) is 5.82 Å². The summed E-state index contributed by atoms with van der Waals surface area (Å²) < 4.78 is 0. The SMILES string of the molecule is O=CCc1nc(-c2cccnc2)c(-c2ccccc2)[nH]1. The van der Waals surface area contributed by atoms with Crippen molar-refractivity contribution in [2.24, 2.45) is 0 Å². The first-order valence-corrected chi connectivity index (χ1v) is 6.37. The highest BCUT2D eigenvalue weighted by atomic mass is 16.1. The highest BCUT2D eigenvalue weighted by molar-refractivity contribution is 5.78. The van der Waals surface area contributed by atoms with Gasteiger partial charge in [-0.1, -0.05) is 30.3 Å². The van der Waals surface area contributed by atoms with Crippen LogP contribution in [0.4, 0.5) is 0 Å². The van der Waals surface area contributed by atoms with Gasteiger partial charge in [-0.15, -0.1) is 0 Å². The van der Waals surface area contributed by atoms with Gasteiger partial charge in [0.05, 0.1) is 17.8 Å².